The number of rotatable bonds is 3. The molecule has 1 N–H and O–H groups in total. The highest BCUT2D eigenvalue weighted by Gasteiger charge is 2.97. The van der Waals surface area contributed by atoms with Crippen molar-refractivity contribution in [2.45, 2.75) is 29.8 Å². The van der Waals surface area contributed by atoms with Crippen molar-refractivity contribution in [2.24, 2.45) is 0 Å². The van der Waals surface area contributed by atoms with Gasteiger partial charge in [-0.1, -0.05) is 36.4 Å². The highest BCUT2D eigenvalue weighted by molar-refractivity contribution is 5.34. The number of alkyl halides is 6. The van der Waals surface area contributed by atoms with Crippen molar-refractivity contribution < 1.29 is 31.4 Å². The van der Waals surface area contributed by atoms with Crippen LogP contribution in [0.4, 0.5) is 26.3 Å². The van der Waals surface area contributed by atoms with Crippen molar-refractivity contribution in [3.8, 4) is 0 Å². The van der Waals surface area contributed by atoms with E-state index in [1.165, 1.54) is 0 Å². The lowest BCUT2D eigenvalue weighted by Gasteiger charge is -2.54. The lowest BCUT2D eigenvalue weighted by molar-refractivity contribution is -0.475. The molecule has 0 bridgehead atoms. The Kier molecular flexibility index (Phi) is 3.16. The first-order valence-electron chi connectivity index (χ1n) is 5.65. The molecule has 7 heteroatoms. The fourth-order valence-electron chi connectivity index (χ4n) is 2.00. The Bertz CT molecular complexity index is 505. The van der Waals surface area contributed by atoms with Crippen molar-refractivity contribution >= 4 is 0 Å². The Morgan fingerprint density at radius 2 is 1.35 bits per heavy atom. The molecule has 1 aliphatic carbocycles. The van der Waals surface area contributed by atoms with Gasteiger partial charge in [0.05, 0.1) is 0 Å². The molecule has 2 rings (SSSR count). The third-order valence-electron chi connectivity index (χ3n) is 3.30. The molecule has 1 saturated carbocycles. The van der Waals surface area contributed by atoms with E-state index in [0.29, 0.717) is 5.56 Å². The average Bonchev–Trinajstić information content (AvgIpc) is 2.38. The lowest BCUT2D eigenvalue weighted by atomic mass is 9.67. The van der Waals surface area contributed by atoms with Gasteiger partial charge in [-0.15, -0.1) is 0 Å². The maximum Gasteiger partial charge on any atom is 0.379 e. The van der Waals surface area contributed by atoms with Gasteiger partial charge < -0.3 is 5.11 Å². The van der Waals surface area contributed by atoms with Gasteiger partial charge in [-0.2, -0.15) is 26.3 Å². The van der Waals surface area contributed by atoms with Crippen LogP contribution in [0.25, 0.3) is 0 Å². The van der Waals surface area contributed by atoms with Gasteiger partial charge in [-0.05, 0) is 18.1 Å². The fraction of sp³-hybridized carbons (Fsp3) is 0.385. The SMILES string of the molecule is OC1(C=CCc2ccccc2)C(F)(F)C(F)(F)C1(F)F. The van der Waals surface area contributed by atoms with Gasteiger partial charge in [0.2, 0.25) is 5.60 Å². The number of halogens is 6. The highest BCUT2D eigenvalue weighted by Crippen LogP contribution is 2.67. The first-order valence-corrected chi connectivity index (χ1v) is 5.65. The van der Waals surface area contributed by atoms with Gasteiger partial charge >= 0.3 is 17.8 Å². The molecule has 1 aromatic carbocycles. The van der Waals surface area contributed by atoms with E-state index in [0.717, 1.165) is 6.08 Å². The zero-order valence-corrected chi connectivity index (χ0v) is 9.96. The van der Waals surface area contributed by atoms with Crippen LogP contribution in [0.5, 0.6) is 0 Å². The minimum Gasteiger partial charge on any atom is -0.374 e. The fourth-order valence-corrected chi connectivity index (χ4v) is 2.00. The molecule has 0 aliphatic heterocycles. The summed E-state index contributed by atoms with van der Waals surface area (Å²) in [5.74, 6) is -16.0. The summed E-state index contributed by atoms with van der Waals surface area (Å²) in [5, 5.41) is 9.21. The average molecular weight is 296 g/mol. The van der Waals surface area contributed by atoms with Crippen LogP contribution in [0.1, 0.15) is 5.56 Å². The van der Waals surface area contributed by atoms with Crippen LogP contribution in [0.15, 0.2) is 42.5 Å². The molecule has 0 aromatic heterocycles. The summed E-state index contributed by atoms with van der Waals surface area (Å²) in [6.07, 6.45) is 0.838. The van der Waals surface area contributed by atoms with Crippen molar-refractivity contribution in [3.05, 3.63) is 48.0 Å². The van der Waals surface area contributed by atoms with Gasteiger partial charge in [0.1, 0.15) is 0 Å². The number of aliphatic hydroxyl groups is 1. The standard InChI is InChI=1S/C13H10F6O/c14-11(15)10(20,12(16,17)13(11,18)19)8-4-7-9-5-2-1-3-6-9/h1-6,8,20H,7H2. The van der Waals surface area contributed by atoms with Gasteiger partial charge in [-0.25, -0.2) is 0 Å². The third kappa shape index (κ3) is 1.62. The van der Waals surface area contributed by atoms with E-state index in [4.69, 9.17) is 0 Å². The van der Waals surface area contributed by atoms with E-state index in [1.54, 1.807) is 30.3 Å². The Morgan fingerprint density at radius 3 is 1.85 bits per heavy atom. The molecular formula is C13H10F6O. The molecule has 0 spiro atoms. The molecule has 1 aromatic rings. The van der Waals surface area contributed by atoms with Gasteiger partial charge in [0.15, 0.2) is 0 Å². The van der Waals surface area contributed by atoms with E-state index in [2.05, 4.69) is 0 Å². The minimum absolute atomic E-state index is 0.0408. The first kappa shape index (κ1) is 14.9. The molecular weight excluding hydrogens is 286 g/mol. The molecule has 20 heavy (non-hydrogen) atoms. The molecule has 1 aliphatic rings. The predicted molar refractivity (Wildman–Crippen MR) is 59.1 cm³/mol. The van der Waals surface area contributed by atoms with E-state index < -0.39 is 23.4 Å². The van der Waals surface area contributed by atoms with Gasteiger partial charge in [0, 0.05) is 0 Å². The second-order valence-electron chi connectivity index (χ2n) is 4.58. The van der Waals surface area contributed by atoms with Gasteiger partial charge in [0.25, 0.3) is 0 Å². The topological polar surface area (TPSA) is 20.2 Å². The van der Waals surface area contributed by atoms with Crippen LogP contribution in [0.3, 0.4) is 0 Å². The van der Waals surface area contributed by atoms with Crippen LogP contribution in [0.2, 0.25) is 0 Å². The van der Waals surface area contributed by atoms with Crippen molar-refractivity contribution in [1.29, 1.82) is 0 Å². The van der Waals surface area contributed by atoms with Crippen molar-refractivity contribution in [3.63, 3.8) is 0 Å². The summed E-state index contributed by atoms with van der Waals surface area (Å²) < 4.78 is 77.5. The van der Waals surface area contributed by atoms with E-state index in [1.807, 2.05) is 0 Å². The van der Waals surface area contributed by atoms with Gasteiger partial charge in [-0.3, -0.25) is 0 Å². The number of hydrogen-bond acceptors (Lipinski definition) is 1. The van der Waals surface area contributed by atoms with E-state index in [-0.39, 0.29) is 12.5 Å². The zero-order chi connectivity index (χ0) is 15.2. The summed E-state index contributed by atoms with van der Waals surface area (Å²) in [4.78, 5) is 0. The normalized spacial score (nSPS) is 25.4. The summed E-state index contributed by atoms with van der Waals surface area (Å²) in [7, 11) is 0. The molecule has 0 atom stereocenters. The first-order chi connectivity index (χ1) is 9.08. The van der Waals surface area contributed by atoms with Crippen LogP contribution in [0, 0.1) is 0 Å². The second kappa shape index (κ2) is 4.25. The lowest BCUT2D eigenvalue weighted by Crippen LogP contribution is -2.85. The Hall–Kier alpha value is -1.50. The molecule has 1 nitrogen and oxygen atoms in total. The molecule has 0 amide bonds. The Labute approximate surface area is 110 Å². The summed E-state index contributed by atoms with van der Waals surface area (Å²) >= 11 is 0. The molecule has 0 unspecified atom stereocenters. The quantitative estimate of drug-likeness (QED) is 0.669. The maximum absolute atomic E-state index is 13.1. The van der Waals surface area contributed by atoms with Crippen LogP contribution >= 0.6 is 0 Å². The zero-order valence-electron chi connectivity index (χ0n) is 9.96. The molecule has 110 valence electrons. The third-order valence-corrected chi connectivity index (χ3v) is 3.30. The highest BCUT2D eigenvalue weighted by atomic mass is 19.4. The Morgan fingerprint density at radius 1 is 0.850 bits per heavy atom. The van der Waals surface area contributed by atoms with E-state index in [9.17, 15) is 31.4 Å². The predicted octanol–water partition coefficient (Wildman–Crippen LogP) is 3.44. The number of allylic oxidation sites excluding steroid dienone is 1. The van der Waals surface area contributed by atoms with Crippen molar-refractivity contribution in [2.75, 3.05) is 0 Å². The second-order valence-corrected chi connectivity index (χ2v) is 4.58. The molecule has 1 fully saturated rings. The van der Waals surface area contributed by atoms with Crippen LogP contribution in [-0.4, -0.2) is 28.5 Å². The summed E-state index contributed by atoms with van der Waals surface area (Å²) in [6, 6.07) is 8.16. The Balaban J connectivity index is 2.20. The molecule has 0 heterocycles. The summed E-state index contributed by atoms with van der Waals surface area (Å²) in [6.45, 7) is 0. The monoisotopic (exact) mass is 296 g/mol. The van der Waals surface area contributed by atoms with Crippen LogP contribution in [-0.2, 0) is 6.42 Å². The number of benzene rings is 1. The minimum atomic E-state index is -5.56. The maximum atomic E-state index is 13.1. The number of hydrogen-bond donors (Lipinski definition) is 1. The smallest absolute Gasteiger partial charge is 0.374 e. The van der Waals surface area contributed by atoms with Crippen molar-refractivity contribution in [1.82, 2.24) is 0 Å². The molecule has 0 radical (unpaired) electrons. The molecule has 0 saturated heterocycles. The largest absolute Gasteiger partial charge is 0.379 e. The van der Waals surface area contributed by atoms with E-state index >= 15 is 0 Å². The van der Waals surface area contributed by atoms with Crippen LogP contribution < -0.4 is 0 Å². The summed E-state index contributed by atoms with van der Waals surface area (Å²) in [5.41, 5.74) is -3.57.